The molecule has 0 aliphatic carbocycles. The maximum absolute atomic E-state index is 7.02. The third-order valence-corrected chi connectivity index (χ3v) is 10.3. The van der Waals surface area contributed by atoms with Crippen LogP contribution in [0.1, 0.15) is 54.5 Å². The lowest BCUT2D eigenvalue weighted by atomic mass is 9.96. The molecule has 234 valence electrons. The smallest absolute Gasteiger partial charge is 0.174 e. The molecule has 5 heterocycles. The van der Waals surface area contributed by atoms with E-state index in [4.69, 9.17) is 33.5 Å². The fourth-order valence-corrected chi connectivity index (χ4v) is 7.86. The largest absolute Gasteiger partial charge is 0.378 e. The van der Waals surface area contributed by atoms with Crippen molar-refractivity contribution >= 4 is 46.0 Å². The van der Waals surface area contributed by atoms with Crippen LogP contribution in [-0.4, -0.2) is 54.1 Å². The number of morpholine rings is 1. The monoisotopic (exact) mass is 640 g/mol. The first kappa shape index (κ1) is 30.1. The van der Waals surface area contributed by atoms with Gasteiger partial charge in [0, 0.05) is 60.8 Å². The van der Waals surface area contributed by atoms with Crippen molar-refractivity contribution in [2.24, 2.45) is 5.92 Å². The van der Waals surface area contributed by atoms with Crippen molar-refractivity contribution < 1.29 is 4.74 Å². The lowest BCUT2D eigenvalue weighted by Gasteiger charge is -2.33. The predicted octanol–water partition coefficient (Wildman–Crippen LogP) is 7.39. The van der Waals surface area contributed by atoms with E-state index in [1.165, 1.54) is 35.5 Å². The highest BCUT2D eigenvalue weighted by Crippen LogP contribution is 2.45. The Morgan fingerprint density at radius 1 is 0.867 bits per heavy atom. The number of hydrogen-bond donors (Lipinski definition) is 1. The molecule has 1 N–H and O–H groups in total. The molecule has 9 heteroatoms. The van der Waals surface area contributed by atoms with Gasteiger partial charge < -0.3 is 29.3 Å². The number of nitrogens with zero attached hydrogens (tertiary/aromatic N) is 5. The van der Waals surface area contributed by atoms with Gasteiger partial charge in [-0.25, -0.2) is 0 Å². The van der Waals surface area contributed by atoms with Crippen molar-refractivity contribution in [3.63, 3.8) is 0 Å². The van der Waals surface area contributed by atoms with Crippen LogP contribution in [0.2, 0.25) is 5.02 Å². The standard InChI is InChI=1S/C36H41ClN6OS/c1-24-13-16-41(17-14-24)33-12-11-29(23-31(33)37)43-35(34(39-36(43)45)32-6-4-5-15-38-32)30-22-25(2)42(26(30)3)28-9-7-27(8-10-28)40-18-20-44-21-19-40/h4-12,15,22-24,34-35H,13-14,16-21H2,1-3H3,(H,39,45)/t34-,35+/m1/s1. The van der Waals surface area contributed by atoms with E-state index in [1.807, 2.05) is 18.3 Å². The molecule has 3 aliphatic rings. The SMILES string of the molecule is Cc1cc([C@H]2[C@@H](c3ccccn3)NC(=S)N2c2ccc(N3CCC(C)CC3)c(Cl)c2)c(C)n1-c1ccc(N2CCOCC2)cc1. The molecule has 7 nitrogen and oxygen atoms in total. The number of benzene rings is 2. The second kappa shape index (κ2) is 12.7. The Labute approximate surface area is 276 Å². The Balaban J connectivity index is 1.26. The van der Waals surface area contributed by atoms with Crippen LogP contribution in [-0.2, 0) is 4.74 Å². The summed E-state index contributed by atoms with van der Waals surface area (Å²) in [5.74, 6) is 0.762. The quantitative estimate of drug-likeness (QED) is 0.221. The number of nitrogens with one attached hydrogen (secondary N) is 1. The van der Waals surface area contributed by atoms with Crippen LogP contribution < -0.4 is 20.0 Å². The van der Waals surface area contributed by atoms with E-state index in [9.17, 15) is 0 Å². The summed E-state index contributed by atoms with van der Waals surface area (Å²) in [6, 6.07) is 23.4. The van der Waals surface area contributed by atoms with Gasteiger partial charge in [-0.2, -0.15) is 0 Å². The Morgan fingerprint density at radius 3 is 2.27 bits per heavy atom. The summed E-state index contributed by atoms with van der Waals surface area (Å²) in [5.41, 5.74) is 8.97. The zero-order valence-corrected chi connectivity index (χ0v) is 27.8. The van der Waals surface area contributed by atoms with Gasteiger partial charge in [-0.1, -0.05) is 24.6 Å². The number of thiocarbonyl (C=S) groups is 1. The van der Waals surface area contributed by atoms with Crippen molar-refractivity contribution in [2.75, 3.05) is 54.1 Å². The molecule has 2 atom stereocenters. The molecule has 45 heavy (non-hydrogen) atoms. The summed E-state index contributed by atoms with van der Waals surface area (Å²) in [4.78, 5) is 11.8. The number of aromatic nitrogens is 2. The van der Waals surface area contributed by atoms with Gasteiger partial charge in [-0.3, -0.25) is 4.98 Å². The molecule has 0 spiro atoms. The Bertz CT molecular complexity index is 1660. The first-order valence-electron chi connectivity index (χ1n) is 16.1. The molecule has 0 saturated carbocycles. The fourth-order valence-electron chi connectivity index (χ4n) is 7.22. The van der Waals surface area contributed by atoms with Crippen LogP contribution >= 0.6 is 23.8 Å². The van der Waals surface area contributed by atoms with Crippen molar-refractivity contribution in [3.05, 3.63) is 101 Å². The Kier molecular flexibility index (Phi) is 8.46. The molecular formula is C36H41ClN6OS. The molecule has 2 aromatic carbocycles. The summed E-state index contributed by atoms with van der Waals surface area (Å²) in [7, 11) is 0. The predicted molar refractivity (Wildman–Crippen MR) is 188 cm³/mol. The normalized spacial score (nSPS) is 21.0. The average Bonchev–Trinajstić information content (AvgIpc) is 3.56. The number of hydrogen-bond acceptors (Lipinski definition) is 5. The highest BCUT2D eigenvalue weighted by atomic mass is 35.5. The van der Waals surface area contributed by atoms with Gasteiger partial charge in [0.25, 0.3) is 0 Å². The van der Waals surface area contributed by atoms with Gasteiger partial charge in [0.1, 0.15) is 0 Å². The first-order chi connectivity index (χ1) is 21.9. The lowest BCUT2D eigenvalue weighted by Crippen LogP contribution is -2.36. The minimum Gasteiger partial charge on any atom is -0.378 e. The van der Waals surface area contributed by atoms with Crippen LogP contribution in [0.25, 0.3) is 5.69 Å². The number of aryl methyl sites for hydroxylation is 1. The number of pyridine rings is 1. The number of rotatable bonds is 6. The maximum atomic E-state index is 7.02. The second-order valence-corrected chi connectivity index (χ2v) is 13.4. The van der Waals surface area contributed by atoms with E-state index in [1.54, 1.807) is 0 Å². The molecule has 3 saturated heterocycles. The van der Waals surface area contributed by atoms with Crippen LogP contribution in [0.15, 0.2) is 72.9 Å². The van der Waals surface area contributed by atoms with Gasteiger partial charge in [0.15, 0.2) is 5.11 Å². The van der Waals surface area contributed by atoms with Gasteiger partial charge in [-0.15, -0.1) is 0 Å². The molecule has 0 bridgehead atoms. The molecule has 0 amide bonds. The first-order valence-corrected chi connectivity index (χ1v) is 16.8. The van der Waals surface area contributed by atoms with Crippen LogP contribution in [0.3, 0.4) is 0 Å². The molecule has 4 aromatic rings. The molecule has 3 aliphatic heterocycles. The summed E-state index contributed by atoms with van der Waals surface area (Å²) < 4.78 is 7.90. The highest BCUT2D eigenvalue weighted by Gasteiger charge is 2.42. The minimum atomic E-state index is -0.126. The zero-order valence-electron chi connectivity index (χ0n) is 26.2. The molecular weight excluding hydrogens is 600 g/mol. The van der Waals surface area contributed by atoms with Crippen molar-refractivity contribution in [1.29, 1.82) is 0 Å². The molecule has 2 aromatic heterocycles. The van der Waals surface area contributed by atoms with Gasteiger partial charge in [0.2, 0.25) is 0 Å². The van der Waals surface area contributed by atoms with Crippen molar-refractivity contribution in [1.82, 2.24) is 14.9 Å². The Morgan fingerprint density at radius 2 is 1.58 bits per heavy atom. The van der Waals surface area contributed by atoms with Crippen LogP contribution in [0.5, 0.6) is 0 Å². The van der Waals surface area contributed by atoms with Gasteiger partial charge in [0.05, 0.1) is 41.7 Å². The number of piperidine rings is 1. The summed E-state index contributed by atoms with van der Waals surface area (Å²) in [5, 5.41) is 5.06. The third kappa shape index (κ3) is 5.80. The summed E-state index contributed by atoms with van der Waals surface area (Å²) >= 11 is 13.1. The lowest BCUT2D eigenvalue weighted by molar-refractivity contribution is 0.122. The van der Waals surface area contributed by atoms with E-state index in [0.29, 0.717) is 5.11 Å². The molecule has 3 fully saturated rings. The molecule has 0 unspecified atom stereocenters. The number of halogens is 1. The van der Waals surface area contributed by atoms with Crippen LogP contribution in [0, 0.1) is 19.8 Å². The number of ether oxygens (including phenoxy) is 1. The van der Waals surface area contributed by atoms with Crippen molar-refractivity contribution in [3.8, 4) is 5.69 Å². The van der Waals surface area contributed by atoms with E-state index >= 15 is 0 Å². The third-order valence-electron chi connectivity index (χ3n) is 9.70. The molecule has 7 rings (SSSR count). The maximum Gasteiger partial charge on any atom is 0.174 e. The second-order valence-electron chi connectivity index (χ2n) is 12.6. The van der Waals surface area contributed by atoms with E-state index in [2.05, 4.69) is 100.0 Å². The van der Waals surface area contributed by atoms with E-state index < -0.39 is 0 Å². The van der Waals surface area contributed by atoms with Crippen LogP contribution in [0.4, 0.5) is 17.1 Å². The topological polar surface area (TPSA) is 48.8 Å². The Hall–Kier alpha value is -3.59. The van der Waals surface area contributed by atoms with Gasteiger partial charge >= 0.3 is 0 Å². The highest BCUT2D eigenvalue weighted by molar-refractivity contribution is 7.80. The van der Waals surface area contributed by atoms with Gasteiger partial charge in [-0.05, 0) is 111 Å². The van der Waals surface area contributed by atoms with Crippen molar-refractivity contribution in [2.45, 2.75) is 45.7 Å². The number of anilines is 3. The van der Waals surface area contributed by atoms with E-state index in [-0.39, 0.29) is 12.1 Å². The zero-order chi connectivity index (χ0) is 31.1. The van der Waals surface area contributed by atoms with E-state index in [0.717, 1.165) is 73.1 Å². The molecule has 0 radical (unpaired) electrons. The minimum absolute atomic E-state index is 0.113. The fraction of sp³-hybridized carbons (Fsp3) is 0.389. The average molecular weight is 641 g/mol. The summed E-state index contributed by atoms with van der Waals surface area (Å²) in [6.07, 6.45) is 4.24. The summed E-state index contributed by atoms with van der Waals surface area (Å²) in [6.45, 7) is 12.2.